The minimum absolute atomic E-state index is 0.264. The van der Waals surface area contributed by atoms with Crippen molar-refractivity contribution < 1.29 is 14.3 Å². The van der Waals surface area contributed by atoms with Crippen LogP contribution in [0.1, 0.15) is 20.7 Å². The van der Waals surface area contributed by atoms with Crippen LogP contribution in [0.3, 0.4) is 0 Å². The molecule has 0 atom stereocenters. The molecule has 4 nitrogen and oxygen atoms in total. The number of benzene rings is 4. The lowest BCUT2D eigenvalue weighted by Crippen LogP contribution is -2.29. The van der Waals surface area contributed by atoms with Gasteiger partial charge in [-0.2, -0.15) is 0 Å². The van der Waals surface area contributed by atoms with Gasteiger partial charge in [0.05, 0.1) is 16.8 Å². The van der Waals surface area contributed by atoms with Gasteiger partial charge in [0, 0.05) is 10.4 Å². The molecule has 140 valence electrons. The van der Waals surface area contributed by atoms with E-state index in [1.165, 1.54) is 4.90 Å². The number of halogens is 1. The van der Waals surface area contributed by atoms with Gasteiger partial charge in [-0.15, -0.1) is 0 Å². The van der Waals surface area contributed by atoms with Gasteiger partial charge in [0.2, 0.25) is 0 Å². The van der Waals surface area contributed by atoms with Gasteiger partial charge >= 0.3 is 0 Å². The second kappa shape index (κ2) is 6.76. The van der Waals surface area contributed by atoms with Crippen LogP contribution in [0.25, 0.3) is 10.8 Å². The third-order valence-corrected chi connectivity index (χ3v) is 5.18. The summed E-state index contributed by atoms with van der Waals surface area (Å²) in [6.07, 6.45) is 0. The van der Waals surface area contributed by atoms with E-state index in [1.54, 1.807) is 48.5 Å². The molecule has 1 heterocycles. The lowest BCUT2D eigenvalue weighted by atomic mass is 10.1. The van der Waals surface area contributed by atoms with Gasteiger partial charge in [-0.05, 0) is 47.9 Å². The molecular formula is C24H14ClNO3. The van der Waals surface area contributed by atoms with E-state index in [0.29, 0.717) is 27.8 Å². The molecule has 0 aromatic heterocycles. The summed E-state index contributed by atoms with van der Waals surface area (Å²) in [5.41, 5.74) is 1.15. The number of amides is 2. The topological polar surface area (TPSA) is 46.6 Å². The zero-order valence-corrected chi connectivity index (χ0v) is 15.9. The molecule has 1 aliphatic rings. The van der Waals surface area contributed by atoms with E-state index in [4.69, 9.17) is 16.3 Å². The number of carbonyl (C=O) groups is 2. The fraction of sp³-hybridized carbons (Fsp3) is 0. The zero-order valence-electron chi connectivity index (χ0n) is 15.1. The molecular weight excluding hydrogens is 386 g/mol. The van der Waals surface area contributed by atoms with Crippen LogP contribution in [-0.2, 0) is 0 Å². The normalized spacial score (nSPS) is 13.1. The molecule has 4 aromatic carbocycles. The van der Waals surface area contributed by atoms with Crippen LogP contribution in [0.4, 0.5) is 5.69 Å². The Kier molecular flexibility index (Phi) is 4.07. The van der Waals surface area contributed by atoms with Crippen molar-refractivity contribution in [2.24, 2.45) is 0 Å². The summed E-state index contributed by atoms with van der Waals surface area (Å²) in [7, 11) is 0. The predicted molar refractivity (Wildman–Crippen MR) is 113 cm³/mol. The molecule has 1 aliphatic heterocycles. The number of carbonyl (C=O) groups excluding carboxylic acids is 2. The summed E-state index contributed by atoms with van der Waals surface area (Å²) >= 11 is 5.92. The minimum Gasteiger partial charge on any atom is -0.457 e. The summed E-state index contributed by atoms with van der Waals surface area (Å²) in [5.74, 6) is 0.117. The maximum absolute atomic E-state index is 13.3. The van der Waals surface area contributed by atoms with Crippen LogP contribution in [0.2, 0.25) is 5.02 Å². The third-order valence-electron chi connectivity index (χ3n) is 4.93. The quantitative estimate of drug-likeness (QED) is 0.392. The molecule has 0 N–H and O–H groups in total. The van der Waals surface area contributed by atoms with E-state index in [9.17, 15) is 9.59 Å². The van der Waals surface area contributed by atoms with Crippen molar-refractivity contribution in [2.75, 3.05) is 4.90 Å². The summed E-state index contributed by atoms with van der Waals surface area (Å²) in [4.78, 5) is 27.7. The van der Waals surface area contributed by atoms with Crippen LogP contribution in [-0.4, -0.2) is 11.8 Å². The van der Waals surface area contributed by atoms with E-state index in [1.807, 2.05) is 36.4 Å². The Bertz CT molecular complexity index is 1280. The van der Waals surface area contributed by atoms with Gasteiger partial charge in [0.1, 0.15) is 11.5 Å². The molecule has 4 aromatic rings. The van der Waals surface area contributed by atoms with Gasteiger partial charge < -0.3 is 4.74 Å². The van der Waals surface area contributed by atoms with E-state index in [2.05, 4.69) is 0 Å². The second-order valence-electron chi connectivity index (χ2n) is 6.68. The van der Waals surface area contributed by atoms with Crippen LogP contribution >= 0.6 is 11.6 Å². The monoisotopic (exact) mass is 399 g/mol. The number of hydrogen-bond donors (Lipinski definition) is 0. The zero-order chi connectivity index (χ0) is 20.0. The highest BCUT2D eigenvalue weighted by Crippen LogP contribution is 2.38. The molecule has 0 saturated heterocycles. The first-order chi connectivity index (χ1) is 14.1. The summed E-state index contributed by atoms with van der Waals surface area (Å²) in [6.45, 7) is 0. The van der Waals surface area contributed by atoms with Crippen molar-refractivity contribution in [2.45, 2.75) is 0 Å². The highest BCUT2D eigenvalue weighted by molar-refractivity contribution is 6.36. The maximum Gasteiger partial charge on any atom is 0.269 e. The van der Waals surface area contributed by atoms with Crippen molar-refractivity contribution in [3.63, 3.8) is 0 Å². The predicted octanol–water partition coefficient (Wildman–Crippen LogP) is 6.09. The summed E-state index contributed by atoms with van der Waals surface area (Å²) in [5, 5.41) is 2.38. The van der Waals surface area contributed by atoms with Gasteiger partial charge in [-0.1, -0.05) is 54.1 Å². The van der Waals surface area contributed by atoms with Gasteiger partial charge in [0.15, 0.2) is 0 Å². The highest BCUT2D eigenvalue weighted by Gasteiger charge is 2.39. The molecule has 0 saturated carbocycles. The van der Waals surface area contributed by atoms with Gasteiger partial charge in [-0.3, -0.25) is 9.59 Å². The molecule has 2 amide bonds. The van der Waals surface area contributed by atoms with E-state index in [0.717, 1.165) is 10.8 Å². The maximum atomic E-state index is 13.3. The average Bonchev–Trinajstić information content (AvgIpc) is 3.00. The minimum atomic E-state index is -0.397. The molecule has 0 spiro atoms. The molecule has 29 heavy (non-hydrogen) atoms. The molecule has 5 heteroatoms. The van der Waals surface area contributed by atoms with Crippen LogP contribution < -0.4 is 9.64 Å². The van der Waals surface area contributed by atoms with Crippen molar-refractivity contribution in [3.8, 4) is 11.5 Å². The lowest BCUT2D eigenvalue weighted by Gasteiger charge is -2.16. The van der Waals surface area contributed by atoms with Crippen molar-refractivity contribution in [1.82, 2.24) is 0 Å². The Morgan fingerprint density at radius 3 is 2.28 bits per heavy atom. The lowest BCUT2D eigenvalue weighted by molar-refractivity contribution is 0.0926. The standard InChI is InChI=1S/C24H14ClNO3/c25-16-11-13-17(14-12-16)29-21-10-4-8-19-22(21)24(28)26(23(19)27)20-9-3-6-15-5-1-2-7-18(15)20/h1-14H. The highest BCUT2D eigenvalue weighted by atomic mass is 35.5. The molecule has 0 bridgehead atoms. The molecule has 0 aliphatic carbocycles. The Hall–Kier alpha value is -3.63. The molecule has 0 radical (unpaired) electrons. The fourth-order valence-corrected chi connectivity index (χ4v) is 3.72. The van der Waals surface area contributed by atoms with Gasteiger partial charge in [0.25, 0.3) is 11.8 Å². The number of anilines is 1. The number of fused-ring (bicyclic) bond motifs is 2. The summed E-state index contributed by atoms with van der Waals surface area (Å²) < 4.78 is 5.91. The third kappa shape index (κ3) is 2.85. The second-order valence-corrected chi connectivity index (χ2v) is 7.12. The SMILES string of the molecule is O=C1c2cccc(Oc3ccc(Cl)cc3)c2C(=O)N1c1cccc2ccccc12. The Morgan fingerprint density at radius 1 is 0.724 bits per heavy atom. The Labute approximate surface area is 171 Å². The first-order valence-corrected chi connectivity index (χ1v) is 9.44. The fourth-order valence-electron chi connectivity index (χ4n) is 3.59. The van der Waals surface area contributed by atoms with Gasteiger partial charge in [-0.25, -0.2) is 4.90 Å². The number of ether oxygens (including phenoxy) is 1. The van der Waals surface area contributed by atoms with Crippen molar-refractivity contribution >= 4 is 39.9 Å². The van der Waals surface area contributed by atoms with Crippen LogP contribution in [0.15, 0.2) is 84.9 Å². The number of nitrogens with zero attached hydrogens (tertiary/aromatic N) is 1. The smallest absolute Gasteiger partial charge is 0.269 e. The first-order valence-electron chi connectivity index (χ1n) is 9.06. The van der Waals surface area contributed by atoms with Crippen LogP contribution in [0.5, 0.6) is 11.5 Å². The van der Waals surface area contributed by atoms with E-state index < -0.39 is 5.91 Å². The molecule has 5 rings (SSSR count). The average molecular weight is 400 g/mol. The Balaban J connectivity index is 1.60. The van der Waals surface area contributed by atoms with E-state index in [-0.39, 0.29) is 11.5 Å². The number of hydrogen-bond acceptors (Lipinski definition) is 3. The Morgan fingerprint density at radius 2 is 1.45 bits per heavy atom. The van der Waals surface area contributed by atoms with Crippen LogP contribution in [0, 0.1) is 0 Å². The molecule has 0 fully saturated rings. The summed E-state index contributed by atoms with van der Waals surface area (Å²) in [6, 6.07) is 25.1. The largest absolute Gasteiger partial charge is 0.457 e. The first kappa shape index (κ1) is 17.5. The number of rotatable bonds is 3. The van der Waals surface area contributed by atoms with Crippen molar-refractivity contribution in [3.05, 3.63) is 101 Å². The molecule has 0 unspecified atom stereocenters. The van der Waals surface area contributed by atoms with E-state index >= 15 is 0 Å². The van der Waals surface area contributed by atoms with Crippen molar-refractivity contribution in [1.29, 1.82) is 0 Å². The number of imide groups is 1.